The first-order valence-corrected chi connectivity index (χ1v) is 15.7. The molecule has 3 heterocycles. The second-order valence-corrected chi connectivity index (χ2v) is 14.1. The van der Waals surface area contributed by atoms with E-state index in [0.717, 1.165) is 16.5 Å². The van der Waals surface area contributed by atoms with Gasteiger partial charge in [0.25, 0.3) is 0 Å². The molecule has 5 atom stereocenters. The molecule has 5 rings (SSSR count). The molecule has 0 unspecified atom stereocenters. The number of hydrogen-bond donors (Lipinski definition) is 2. The fraction of sp³-hybridized carbons (Fsp3) is 0.552. The molecule has 1 aromatic carbocycles. The second-order valence-electron chi connectivity index (χ2n) is 11.9. The fourth-order valence-electron chi connectivity index (χ4n) is 6.03. The van der Waals surface area contributed by atoms with E-state index in [9.17, 15) is 17.9 Å². The van der Waals surface area contributed by atoms with Crippen molar-refractivity contribution in [2.75, 3.05) is 28.8 Å². The monoisotopic (exact) mass is 555 g/mol. The van der Waals surface area contributed by atoms with Crippen molar-refractivity contribution in [1.82, 2.24) is 15.0 Å². The highest BCUT2D eigenvalue weighted by Gasteiger charge is 2.41. The molecule has 1 aliphatic heterocycles. The number of pyridine rings is 1. The minimum atomic E-state index is -3.02. The van der Waals surface area contributed by atoms with Crippen LogP contribution in [-0.2, 0) is 9.84 Å². The summed E-state index contributed by atoms with van der Waals surface area (Å²) >= 11 is 0. The van der Waals surface area contributed by atoms with Crippen molar-refractivity contribution in [3.8, 4) is 0 Å². The molecular formula is C29H38FN5O3S. The predicted octanol–water partition coefficient (Wildman–Crippen LogP) is 5.12. The van der Waals surface area contributed by atoms with Crippen LogP contribution >= 0.6 is 0 Å². The Hall–Kier alpha value is -2.85. The number of alkyl halides is 1. The summed E-state index contributed by atoms with van der Waals surface area (Å²) in [4.78, 5) is 16.0. The van der Waals surface area contributed by atoms with Crippen LogP contribution in [0.1, 0.15) is 70.2 Å². The number of nitrogens with one attached hydrogen (secondary N) is 1. The number of aromatic nitrogens is 3. The molecule has 3 aromatic rings. The molecular weight excluding hydrogens is 517 g/mol. The number of aliphatic hydroxyl groups excluding tert-OH is 1. The molecule has 2 N–H and O–H groups in total. The summed E-state index contributed by atoms with van der Waals surface area (Å²) in [7, 11) is -3.02. The molecule has 0 radical (unpaired) electrons. The number of aliphatic hydroxyl groups is 1. The average Bonchev–Trinajstić information content (AvgIpc) is 2.86. The van der Waals surface area contributed by atoms with Crippen LogP contribution in [-0.4, -0.2) is 64.8 Å². The molecule has 0 spiro atoms. The molecule has 0 amide bonds. The lowest BCUT2D eigenvalue weighted by Gasteiger charge is -2.48. The molecule has 210 valence electrons. The first-order valence-electron chi connectivity index (χ1n) is 13.7. The molecule has 8 nitrogen and oxygen atoms in total. The Morgan fingerprint density at radius 1 is 1.18 bits per heavy atom. The van der Waals surface area contributed by atoms with Crippen LogP contribution in [0.4, 0.5) is 21.7 Å². The summed E-state index contributed by atoms with van der Waals surface area (Å²) in [5.74, 6) is 2.25. The van der Waals surface area contributed by atoms with Crippen LogP contribution in [0.15, 0.2) is 36.7 Å². The minimum Gasteiger partial charge on any atom is -0.390 e. The lowest BCUT2D eigenvalue weighted by molar-refractivity contribution is -0.0343. The third-order valence-electron chi connectivity index (χ3n) is 8.39. The van der Waals surface area contributed by atoms with Gasteiger partial charge in [-0.05, 0) is 68.2 Å². The topological polar surface area (TPSA) is 108 Å². The number of rotatable bonds is 7. The van der Waals surface area contributed by atoms with E-state index in [4.69, 9.17) is 4.98 Å². The average molecular weight is 556 g/mol. The van der Waals surface area contributed by atoms with Crippen molar-refractivity contribution in [2.24, 2.45) is 5.92 Å². The Morgan fingerprint density at radius 3 is 2.62 bits per heavy atom. The van der Waals surface area contributed by atoms with E-state index >= 15 is 0 Å². The van der Waals surface area contributed by atoms with E-state index in [2.05, 4.69) is 53.1 Å². The minimum absolute atomic E-state index is 0.114. The lowest BCUT2D eigenvalue weighted by Crippen LogP contribution is -2.57. The zero-order valence-electron chi connectivity index (χ0n) is 23.2. The molecule has 1 aliphatic carbocycles. The summed E-state index contributed by atoms with van der Waals surface area (Å²) in [5, 5.41) is 15.4. The Labute approximate surface area is 230 Å². The van der Waals surface area contributed by atoms with Gasteiger partial charge < -0.3 is 15.3 Å². The molecule has 10 heteroatoms. The molecule has 2 aromatic heterocycles. The van der Waals surface area contributed by atoms with Gasteiger partial charge in [0, 0.05) is 54.1 Å². The number of nitrogens with zero attached hydrogens (tertiary/aromatic N) is 4. The Bertz CT molecular complexity index is 1480. The SMILES string of the molecule is CC(C)c1ccc(N2C[C@@H](CS(C)(=O)=O)[C@@H]2C)c2cnc(Nc3ccnc([C@@H]4CC[C@@H](O)[C@@](C)(F)C4)n3)cc12. The van der Waals surface area contributed by atoms with Crippen molar-refractivity contribution < 1.29 is 17.9 Å². The highest BCUT2D eigenvalue weighted by Crippen LogP contribution is 2.41. The zero-order chi connectivity index (χ0) is 28.1. The van der Waals surface area contributed by atoms with E-state index in [-0.39, 0.29) is 30.1 Å². The maximum Gasteiger partial charge on any atom is 0.147 e. The van der Waals surface area contributed by atoms with E-state index in [1.807, 2.05) is 12.3 Å². The van der Waals surface area contributed by atoms with Crippen molar-refractivity contribution in [3.05, 3.63) is 48.0 Å². The summed E-state index contributed by atoms with van der Waals surface area (Å²) in [6.45, 7) is 8.54. The molecule has 0 bridgehead atoms. The summed E-state index contributed by atoms with van der Waals surface area (Å²) in [5.41, 5.74) is 0.606. The molecule has 2 fully saturated rings. The van der Waals surface area contributed by atoms with Crippen LogP contribution in [0, 0.1) is 5.92 Å². The summed E-state index contributed by atoms with van der Waals surface area (Å²) in [6, 6.07) is 8.19. The van der Waals surface area contributed by atoms with Gasteiger partial charge in [0.15, 0.2) is 0 Å². The van der Waals surface area contributed by atoms with Gasteiger partial charge in [-0.25, -0.2) is 27.8 Å². The summed E-state index contributed by atoms with van der Waals surface area (Å²) in [6.07, 6.45) is 5.09. The number of anilines is 3. The molecule has 1 saturated heterocycles. The highest BCUT2D eigenvalue weighted by atomic mass is 32.2. The fourth-order valence-corrected chi connectivity index (χ4v) is 7.19. The van der Waals surface area contributed by atoms with E-state index in [0.29, 0.717) is 42.8 Å². The van der Waals surface area contributed by atoms with E-state index in [1.54, 1.807) is 12.3 Å². The van der Waals surface area contributed by atoms with Crippen molar-refractivity contribution >= 4 is 37.9 Å². The first kappa shape index (κ1) is 27.7. The van der Waals surface area contributed by atoms with Crippen molar-refractivity contribution in [2.45, 2.75) is 76.6 Å². The second kappa shape index (κ2) is 10.3. The van der Waals surface area contributed by atoms with Gasteiger partial charge in [-0.1, -0.05) is 19.9 Å². The third kappa shape index (κ3) is 5.72. The van der Waals surface area contributed by atoms with Crippen molar-refractivity contribution in [3.63, 3.8) is 0 Å². The van der Waals surface area contributed by atoms with Crippen LogP contribution < -0.4 is 10.2 Å². The van der Waals surface area contributed by atoms with E-state index in [1.165, 1.54) is 18.7 Å². The number of fused-ring (bicyclic) bond motifs is 1. The number of halogens is 1. The van der Waals surface area contributed by atoms with Crippen LogP contribution in [0.5, 0.6) is 0 Å². The number of sulfone groups is 1. The maximum absolute atomic E-state index is 14.8. The van der Waals surface area contributed by atoms with E-state index < -0.39 is 21.6 Å². The maximum atomic E-state index is 14.8. The van der Waals surface area contributed by atoms with Crippen LogP contribution in [0.25, 0.3) is 10.8 Å². The van der Waals surface area contributed by atoms with Gasteiger partial charge in [0.1, 0.15) is 33.0 Å². The van der Waals surface area contributed by atoms with Gasteiger partial charge in [0.2, 0.25) is 0 Å². The summed E-state index contributed by atoms with van der Waals surface area (Å²) < 4.78 is 38.4. The first-order chi connectivity index (χ1) is 18.3. The third-order valence-corrected chi connectivity index (χ3v) is 9.42. The number of benzene rings is 1. The Balaban J connectivity index is 1.41. The molecule has 2 aliphatic rings. The standard InChI is InChI=1S/C29H38FN5O3S/c1-17(2)21-7-8-24(35-15-20(18(35)3)16-39(5,37)38)23-14-32-27(12-22(21)23)33-26-10-11-31-28(34-26)19-6-9-25(36)29(4,30)13-19/h7-8,10-12,14,17-20,25,36H,6,9,13,15-16H2,1-5H3,(H,31,32,33,34)/t18-,19+,20-,25+,29-/m0/s1. The zero-order valence-corrected chi connectivity index (χ0v) is 24.0. The normalized spacial score (nSPS) is 27.5. The molecule has 1 saturated carbocycles. The Morgan fingerprint density at radius 2 is 1.95 bits per heavy atom. The highest BCUT2D eigenvalue weighted by molar-refractivity contribution is 7.90. The van der Waals surface area contributed by atoms with Gasteiger partial charge >= 0.3 is 0 Å². The van der Waals surface area contributed by atoms with Gasteiger partial charge in [-0.2, -0.15) is 0 Å². The quantitative estimate of drug-likeness (QED) is 0.414. The smallest absolute Gasteiger partial charge is 0.147 e. The van der Waals surface area contributed by atoms with Crippen LogP contribution in [0.3, 0.4) is 0 Å². The van der Waals surface area contributed by atoms with Crippen LogP contribution in [0.2, 0.25) is 0 Å². The van der Waals surface area contributed by atoms with Crippen molar-refractivity contribution in [1.29, 1.82) is 0 Å². The molecule has 39 heavy (non-hydrogen) atoms. The Kier molecular flexibility index (Phi) is 7.30. The lowest BCUT2D eigenvalue weighted by atomic mass is 9.78. The van der Waals surface area contributed by atoms with Gasteiger partial charge in [-0.3, -0.25) is 0 Å². The van der Waals surface area contributed by atoms with Gasteiger partial charge in [-0.15, -0.1) is 0 Å². The van der Waals surface area contributed by atoms with Gasteiger partial charge in [0.05, 0.1) is 11.9 Å². The number of hydrogen-bond acceptors (Lipinski definition) is 8. The predicted molar refractivity (Wildman–Crippen MR) is 153 cm³/mol. The largest absolute Gasteiger partial charge is 0.390 e.